The highest BCUT2D eigenvalue weighted by Crippen LogP contribution is 2.38. The van der Waals surface area contributed by atoms with Gasteiger partial charge in [-0.2, -0.15) is 0 Å². The van der Waals surface area contributed by atoms with Crippen molar-refractivity contribution in [3.05, 3.63) is 36.5 Å². The third-order valence-corrected chi connectivity index (χ3v) is 15.5. The molecule has 0 saturated carbocycles. The van der Waals surface area contributed by atoms with Gasteiger partial charge >= 0.3 is 5.97 Å². The molecule has 0 rings (SSSR count). The molecule has 9 nitrogen and oxygen atoms in total. The zero-order valence-corrected chi connectivity index (χ0v) is 51.4. The lowest BCUT2D eigenvalue weighted by Gasteiger charge is -2.30. The lowest BCUT2D eigenvalue weighted by Crippen LogP contribution is -2.47. The van der Waals surface area contributed by atoms with Crippen LogP contribution in [-0.4, -0.2) is 69.4 Å². The third kappa shape index (κ3) is 56.8. The van der Waals surface area contributed by atoms with Gasteiger partial charge in [0.2, 0.25) is 5.91 Å². The van der Waals surface area contributed by atoms with Gasteiger partial charge in [-0.1, -0.05) is 257 Å². The van der Waals surface area contributed by atoms with E-state index >= 15 is 0 Å². The van der Waals surface area contributed by atoms with Crippen molar-refractivity contribution in [2.45, 2.75) is 328 Å². The Morgan fingerprint density at radius 3 is 1.13 bits per heavy atom. The molecular formula is C65H125N2O7P. The van der Waals surface area contributed by atoms with Crippen LogP contribution in [0.5, 0.6) is 0 Å². The summed E-state index contributed by atoms with van der Waals surface area (Å²) in [6.45, 7) is 6.86. The summed E-state index contributed by atoms with van der Waals surface area (Å²) >= 11 is 0. The number of likely N-dealkylation sites (N-methyl/N-ethyl adjacent to an activating group) is 1. The number of nitrogens with zero attached hydrogens (tertiary/aromatic N) is 1. The smallest absolute Gasteiger partial charge is 0.306 e. The van der Waals surface area contributed by atoms with Crippen LogP contribution >= 0.6 is 7.82 Å². The molecule has 0 aliphatic heterocycles. The maximum absolute atomic E-state index is 13.5. The average molecular weight is 1080 g/mol. The minimum absolute atomic E-state index is 0.0213. The number of hydrogen-bond donors (Lipinski definition) is 1. The van der Waals surface area contributed by atoms with Gasteiger partial charge in [0.25, 0.3) is 7.82 Å². The number of carbonyl (C=O) groups excluding carboxylic acids is 2. The Morgan fingerprint density at radius 2 is 0.773 bits per heavy atom. The minimum Gasteiger partial charge on any atom is -0.756 e. The van der Waals surface area contributed by atoms with Crippen molar-refractivity contribution >= 4 is 19.7 Å². The molecular weight excluding hydrogens is 952 g/mol. The predicted octanol–water partition coefficient (Wildman–Crippen LogP) is 19.3. The number of hydrogen-bond acceptors (Lipinski definition) is 7. The molecule has 3 unspecified atom stereocenters. The van der Waals surface area contributed by atoms with Crippen molar-refractivity contribution in [3.8, 4) is 0 Å². The fraction of sp³-hybridized carbons (Fsp3) is 0.877. The van der Waals surface area contributed by atoms with Crippen LogP contribution in [0.4, 0.5) is 0 Å². The Balaban J connectivity index is 5.14. The van der Waals surface area contributed by atoms with E-state index in [-0.39, 0.29) is 31.5 Å². The Hall–Kier alpha value is -1.77. The largest absolute Gasteiger partial charge is 0.756 e. The minimum atomic E-state index is -4.70. The average Bonchev–Trinajstić information content (AvgIpc) is 3.37. The van der Waals surface area contributed by atoms with Crippen LogP contribution in [0, 0.1) is 0 Å². The molecule has 0 aromatic rings. The van der Waals surface area contributed by atoms with Crippen molar-refractivity contribution in [3.63, 3.8) is 0 Å². The van der Waals surface area contributed by atoms with Gasteiger partial charge in [-0.3, -0.25) is 14.2 Å². The molecule has 0 aliphatic carbocycles. The number of nitrogens with one attached hydrogen (secondary N) is 1. The lowest BCUT2D eigenvalue weighted by atomic mass is 10.0. The first-order valence-electron chi connectivity index (χ1n) is 32.3. The zero-order chi connectivity index (χ0) is 55.0. The van der Waals surface area contributed by atoms with Crippen molar-refractivity contribution < 1.29 is 37.3 Å². The molecule has 0 heterocycles. The highest BCUT2D eigenvalue weighted by Gasteiger charge is 2.27. The predicted molar refractivity (Wildman–Crippen MR) is 321 cm³/mol. The number of esters is 1. The summed E-state index contributed by atoms with van der Waals surface area (Å²) in [6, 6.07) is -0.887. The molecule has 0 bridgehead atoms. The quantitative estimate of drug-likeness (QED) is 0.0212. The summed E-state index contributed by atoms with van der Waals surface area (Å²) in [5.41, 5.74) is 0. The van der Waals surface area contributed by atoms with Gasteiger partial charge in [-0.25, -0.2) is 0 Å². The molecule has 3 atom stereocenters. The van der Waals surface area contributed by atoms with Gasteiger partial charge in [0, 0.05) is 12.8 Å². The number of amides is 1. The number of allylic oxidation sites excluding steroid dienone is 5. The fourth-order valence-corrected chi connectivity index (χ4v) is 10.2. The van der Waals surface area contributed by atoms with E-state index in [4.69, 9.17) is 13.8 Å². The van der Waals surface area contributed by atoms with E-state index in [9.17, 15) is 19.0 Å². The second kappa shape index (κ2) is 55.5. The van der Waals surface area contributed by atoms with E-state index in [2.05, 4.69) is 50.4 Å². The molecule has 0 spiro atoms. The molecule has 10 heteroatoms. The normalized spacial score (nSPS) is 13.9. The first-order chi connectivity index (χ1) is 36.4. The van der Waals surface area contributed by atoms with Gasteiger partial charge < -0.3 is 28.5 Å². The maximum atomic E-state index is 13.5. The van der Waals surface area contributed by atoms with Crippen LogP contribution in [0.1, 0.15) is 316 Å². The summed E-state index contributed by atoms with van der Waals surface area (Å²) in [5.74, 6) is -0.535. The monoisotopic (exact) mass is 1080 g/mol. The summed E-state index contributed by atoms with van der Waals surface area (Å²) < 4.78 is 30.3. The van der Waals surface area contributed by atoms with Gasteiger partial charge in [-0.15, -0.1) is 0 Å². The van der Waals surface area contributed by atoms with Gasteiger partial charge in [0.1, 0.15) is 19.3 Å². The summed E-state index contributed by atoms with van der Waals surface area (Å²) in [4.78, 5) is 40.0. The molecule has 75 heavy (non-hydrogen) atoms. The zero-order valence-electron chi connectivity index (χ0n) is 50.5. The maximum Gasteiger partial charge on any atom is 0.306 e. The molecule has 442 valence electrons. The summed E-state index contributed by atoms with van der Waals surface area (Å²) in [6.07, 6.45) is 66.8. The molecule has 0 aromatic carbocycles. The molecule has 0 saturated heterocycles. The Kier molecular flexibility index (Phi) is 54.2. The Bertz CT molecular complexity index is 1380. The Labute approximate surface area is 466 Å². The standard InChI is InChI=1S/C65H125N2O7P/c1-7-10-13-16-19-22-25-27-29-31-32-33-34-36-37-39-42-45-48-51-54-57-64(68)66-62(61-73-75(70,71)72-60-59-67(4,5)6)63(56-53-50-47-44-41-24-21-18-15-12-9-3)74-65(69)58-55-52-49-46-43-40-38-35-30-28-26-23-20-17-14-11-8-2/h27-30,53,56,62-63H,7-26,31-52,54-55,57-61H2,1-6H3,(H-,66,68,70,71)/b29-27+,30-28+,56-53-. The van der Waals surface area contributed by atoms with Crippen molar-refractivity contribution in [2.75, 3.05) is 40.9 Å². The molecule has 0 aromatic heterocycles. The number of unbranched alkanes of at least 4 members (excludes halogenated alkanes) is 39. The number of quaternary nitrogens is 1. The number of carbonyl (C=O) groups is 2. The highest BCUT2D eigenvalue weighted by atomic mass is 31.2. The number of phosphoric ester groups is 1. The summed E-state index contributed by atoms with van der Waals surface area (Å²) in [5, 5.41) is 3.03. The van der Waals surface area contributed by atoms with Crippen LogP contribution in [-0.2, 0) is 27.9 Å². The van der Waals surface area contributed by atoms with E-state index in [0.29, 0.717) is 17.4 Å². The second-order valence-corrected chi connectivity index (χ2v) is 24.7. The number of ether oxygens (including phenoxy) is 1. The first kappa shape index (κ1) is 73.2. The molecule has 0 fully saturated rings. The fourth-order valence-electron chi connectivity index (χ4n) is 9.51. The SMILES string of the molecule is CCCCCCCC/C=C/CCCCCCCCCCCCCC(=O)NC(COP(=O)([O-])OCC[N+](C)(C)C)C(/C=C\CCCCCCCCCCC)OC(=O)CCCCCCCCC/C=C/CCCCCCCC. The first-order valence-corrected chi connectivity index (χ1v) is 33.8. The van der Waals surface area contributed by atoms with Gasteiger partial charge in [0.15, 0.2) is 0 Å². The number of phosphoric acid groups is 1. The van der Waals surface area contributed by atoms with Crippen molar-refractivity contribution in [2.24, 2.45) is 0 Å². The molecule has 0 radical (unpaired) electrons. The van der Waals surface area contributed by atoms with Gasteiger partial charge in [-0.05, 0) is 83.1 Å². The lowest BCUT2D eigenvalue weighted by molar-refractivity contribution is -0.870. The van der Waals surface area contributed by atoms with Crippen molar-refractivity contribution in [1.82, 2.24) is 5.32 Å². The van der Waals surface area contributed by atoms with Crippen molar-refractivity contribution in [1.29, 1.82) is 0 Å². The molecule has 1 amide bonds. The third-order valence-electron chi connectivity index (χ3n) is 14.5. The second-order valence-electron chi connectivity index (χ2n) is 23.3. The van der Waals surface area contributed by atoms with E-state index < -0.39 is 20.0 Å². The van der Waals surface area contributed by atoms with Crippen LogP contribution in [0.2, 0.25) is 0 Å². The van der Waals surface area contributed by atoms with Crippen LogP contribution < -0.4 is 10.2 Å². The van der Waals surface area contributed by atoms with E-state index in [1.165, 1.54) is 212 Å². The van der Waals surface area contributed by atoms with Gasteiger partial charge in [0.05, 0.1) is 33.8 Å². The number of rotatable bonds is 59. The van der Waals surface area contributed by atoms with E-state index in [1.54, 1.807) is 0 Å². The van der Waals surface area contributed by atoms with Crippen LogP contribution in [0.15, 0.2) is 36.5 Å². The molecule has 0 aliphatic rings. The Morgan fingerprint density at radius 1 is 0.453 bits per heavy atom. The highest BCUT2D eigenvalue weighted by molar-refractivity contribution is 7.45. The summed E-state index contributed by atoms with van der Waals surface area (Å²) in [7, 11) is 1.19. The molecule has 1 N–H and O–H groups in total. The van der Waals surface area contributed by atoms with Crippen LogP contribution in [0.25, 0.3) is 0 Å². The van der Waals surface area contributed by atoms with E-state index in [1.807, 2.05) is 33.3 Å². The van der Waals surface area contributed by atoms with Crippen LogP contribution in [0.3, 0.4) is 0 Å². The topological polar surface area (TPSA) is 114 Å². The van der Waals surface area contributed by atoms with E-state index in [0.717, 1.165) is 70.6 Å².